The molecule has 3 nitrogen and oxygen atoms in total. The lowest BCUT2D eigenvalue weighted by atomic mass is 9.75. The van der Waals surface area contributed by atoms with E-state index in [1.165, 1.54) is 0 Å². The summed E-state index contributed by atoms with van der Waals surface area (Å²) in [7, 11) is -1.59. The van der Waals surface area contributed by atoms with E-state index in [0.717, 1.165) is 5.56 Å². The predicted octanol–water partition coefficient (Wildman–Crippen LogP) is 0.302. The second-order valence-corrected chi connectivity index (χ2v) is 3.50. The SMILES string of the molecule is CC(C)c1cccc(B(O)O)c1C=O. The van der Waals surface area contributed by atoms with Gasteiger partial charge in [0.1, 0.15) is 6.29 Å². The van der Waals surface area contributed by atoms with E-state index in [4.69, 9.17) is 10.0 Å². The van der Waals surface area contributed by atoms with Gasteiger partial charge in [0.25, 0.3) is 0 Å². The molecule has 0 saturated carbocycles. The summed E-state index contributed by atoms with van der Waals surface area (Å²) < 4.78 is 0. The van der Waals surface area contributed by atoms with Gasteiger partial charge in [0, 0.05) is 5.56 Å². The highest BCUT2D eigenvalue weighted by molar-refractivity contribution is 6.60. The van der Waals surface area contributed by atoms with Crippen molar-refractivity contribution >= 4 is 18.9 Å². The Morgan fingerprint density at radius 2 is 2.00 bits per heavy atom. The third-order valence-electron chi connectivity index (χ3n) is 2.19. The topological polar surface area (TPSA) is 57.5 Å². The van der Waals surface area contributed by atoms with Crippen LogP contribution in [0.3, 0.4) is 0 Å². The smallest absolute Gasteiger partial charge is 0.423 e. The van der Waals surface area contributed by atoms with Gasteiger partial charge >= 0.3 is 7.12 Å². The van der Waals surface area contributed by atoms with Gasteiger partial charge in [-0.2, -0.15) is 0 Å². The number of hydrogen-bond acceptors (Lipinski definition) is 3. The molecule has 0 aromatic heterocycles. The summed E-state index contributed by atoms with van der Waals surface area (Å²) in [4.78, 5) is 10.8. The van der Waals surface area contributed by atoms with Crippen LogP contribution in [0.1, 0.15) is 35.7 Å². The molecular weight excluding hydrogens is 179 g/mol. The first kappa shape index (κ1) is 11.0. The quantitative estimate of drug-likeness (QED) is 0.534. The molecule has 0 saturated heterocycles. The van der Waals surface area contributed by atoms with Crippen LogP contribution in [-0.2, 0) is 0 Å². The van der Waals surface area contributed by atoms with Crippen molar-refractivity contribution in [1.82, 2.24) is 0 Å². The molecule has 0 spiro atoms. The van der Waals surface area contributed by atoms with Crippen molar-refractivity contribution in [1.29, 1.82) is 0 Å². The monoisotopic (exact) mass is 192 g/mol. The number of hydrogen-bond donors (Lipinski definition) is 2. The summed E-state index contributed by atoms with van der Waals surface area (Å²) in [5.41, 5.74) is 1.49. The Labute approximate surface area is 83.5 Å². The highest BCUT2D eigenvalue weighted by atomic mass is 16.4. The van der Waals surface area contributed by atoms with Crippen molar-refractivity contribution in [2.24, 2.45) is 0 Å². The first-order valence-corrected chi connectivity index (χ1v) is 4.52. The first-order chi connectivity index (χ1) is 6.57. The molecule has 0 fully saturated rings. The third kappa shape index (κ3) is 2.03. The Bertz CT molecular complexity index is 308. The molecule has 0 atom stereocenters. The van der Waals surface area contributed by atoms with Crippen molar-refractivity contribution in [3.8, 4) is 0 Å². The van der Waals surface area contributed by atoms with Crippen molar-refractivity contribution in [3.05, 3.63) is 29.3 Å². The minimum absolute atomic E-state index is 0.189. The van der Waals surface area contributed by atoms with Crippen LogP contribution < -0.4 is 5.46 Å². The Kier molecular flexibility index (Phi) is 3.44. The summed E-state index contributed by atoms with van der Waals surface area (Å²) in [5, 5.41) is 18.1. The fourth-order valence-corrected chi connectivity index (χ4v) is 1.47. The van der Waals surface area contributed by atoms with Gasteiger partial charge in [-0.05, 0) is 16.9 Å². The Morgan fingerprint density at radius 3 is 2.43 bits per heavy atom. The second kappa shape index (κ2) is 4.40. The predicted molar refractivity (Wildman–Crippen MR) is 55.7 cm³/mol. The van der Waals surface area contributed by atoms with E-state index in [0.29, 0.717) is 11.8 Å². The number of benzene rings is 1. The van der Waals surface area contributed by atoms with Crippen molar-refractivity contribution in [2.75, 3.05) is 0 Å². The number of rotatable bonds is 3. The molecule has 4 heteroatoms. The zero-order chi connectivity index (χ0) is 10.7. The Hall–Kier alpha value is -1.13. The van der Waals surface area contributed by atoms with Crippen LogP contribution in [0.2, 0.25) is 0 Å². The van der Waals surface area contributed by atoms with Crippen LogP contribution in [0.4, 0.5) is 0 Å². The van der Waals surface area contributed by atoms with Gasteiger partial charge in [-0.1, -0.05) is 32.0 Å². The third-order valence-corrected chi connectivity index (χ3v) is 2.19. The fraction of sp³-hybridized carbons (Fsp3) is 0.300. The van der Waals surface area contributed by atoms with Crippen molar-refractivity contribution in [2.45, 2.75) is 19.8 Å². The fourth-order valence-electron chi connectivity index (χ4n) is 1.47. The normalized spacial score (nSPS) is 10.4. The lowest BCUT2D eigenvalue weighted by Crippen LogP contribution is -2.33. The largest absolute Gasteiger partial charge is 0.489 e. The van der Waals surface area contributed by atoms with Gasteiger partial charge in [-0.15, -0.1) is 0 Å². The molecule has 0 amide bonds. The summed E-state index contributed by atoms with van der Waals surface area (Å²) in [6.07, 6.45) is 0.671. The first-order valence-electron chi connectivity index (χ1n) is 4.52. The van der Waals surface area contributed by atoms with Crippen LogP contribution in [0.5, 0.6) is 0 Å². The summed E-state index contributed by atoms with van der Waals surface area (Å²) in [6, 6.07) is 5.08. The molecule has 14 heavy (non-hydrogen) atoms. The average molecular weight is 192 g/mol. The molecule has 1 aromatic rings. The average Bonchev–Trinajstić information content (AvgIpc) is 2.16. The highest BCUT2D eigenvalue weighted by Crippen LogP contribution is 2.16. The molecule has 1 aromatic carbocycles. The standard InChI is InChI=1S/C10H13BO3/c1-7(2)8-4-3-5-10(11(13)14)9(8)6-12/h3-7,13-14H,1-2H3. The van der Waals surface area contributed by atoms with Gasteiger partial charge in [-0.3, -0.25) is 4.79 Å². The van der Waals surface area contributed by atoms with Crippen molar-refractivity contribution < 1.29 is 14.8 Å². The summed E-state index contributed by atoms with van der Waals surface area (Å²) in [5.74, 6) is 0.189. The molecule has 2 N–H and O–H groups in total. The van der Waals surface area contributed by atoms with Crippen molar-refractivity contribution in [3.63, 3.8) is 0 Å². The molecular formula is C10H13BO3. The summed E-state index contributed by atoms with van der Waals surface area (Å²) >= 11 is 0. The highest BCUT2D eigenvalue weighted by Gasteiger charge is 2.18. The van der Waals surface area contributed by atoms with Gasteiger partial charge in [-0.25, -0.2) is 0 Å². The van der Waals surface area contributed by atoms with Gasteiger partial charge in [0.2, 0.25) is 0 Å². The minimum Gasteiger partial charge on any atom is -0.423 e. The number of carbonyl (C=O) groups excluding carboxylic acids is 1. The van der Waals surface area contributed by atoms with Crippen LogP contribution in [0.15, 0.2) is 18.2 Å². The maximum absolute atomic E-state index is 10.8. The lowest BCUT2D eigenvalue weighted by molar-refractivity contribution is 0.112. The maximum Gasteiger partial charge on any atom is 0.489 e. The molecule has 0 bridgehead atoms. The van der Waals surface area contributed by atoms with Crippen LogP contribution in [0.25, 0.3) is 0 Å². The molecule has 1 rings (SSSR count). The molecule has 0 aliphatic carbocycles. The zero-order valence-corrected chi connectivity index (χ0v) is 8.27. The van der Waals surface area contributed by atoms with E-state index in [1.807, 2.05) is 19.9 Å². The van der Waals surface area contributed by atoms with E-state index < -0.39 is 7.12 Å². The van der Waals surface area contributed by atoms with E-state index in [1.54, 1.807) is 12.1 Å². The van der Waals surface area contributed by atoms with Gasteiger partial charge in [0.15, 0.2) is 0 Å². The molecule has 0 aliphatic heterocycles. The van der Waals surface area contributed by atoms with Gasteiger partial charge < -0.3 is 10.0 Å². The molecule has 0 aliphatic rings. The lowest BCUT2D eigenvalue weighted by Gasteiger charge is -2.12. The minimum atomic E-state index is -1.59. The second-order valence-electron chi connectivity index (χ2n) is 3.50. The van der Waals surface area contributed by atoms with E-state index in [2.05, 4.69) is 0 Å². The van der Waals surface area contributed by atoms with Crippen LogP contribution in [0, 0.1) is 0 Å². The van der Waals surface area contributed by atoms with Crippen LogP contribution >= 0.6 is 0 Å². The zero-order valence-electron chi connectivity index (χ0n) is 8.27. The maximum atomic E-state index is 10.8. The van der Waals surface area contributed by atoms with Crippen LogP contribution in [-0.4, -0.2) is 23.5 Å². The van der Waals surface area contributed by atoms with E-state index in [-0.39, 0.29) is 11.4 Å². The van der Waals surface area contributed by atoms with E-state index >= 15 is 0 Å². The molecule has 0 unspecified atom stereocenters. The summed E-state index contributed by atoms with van der Waals surface area (Å²) in [6.45, 7) is 3.91. The number of carbonyl (C=O) groups is 1. The number of aldehydes is 1. The molecule has 0 heterocycles. The van der Waals surface area contributed by atoms with Gasteiger partial charge in [0.05, 0.1) is 0 Å². The van der Waals surface area contributed by atoms with E-state index in [9.17, 15) is 4.79 Å². The Morgan fingerprint density at radius 1 is 1.36 bits per heavy atom. The molecule has 74 valence electrons. The molecule has 0 radical (unpaired) electrons. The Balaban J connectivity index is 3.32.